The summed E-state index contributed by atoms with van der Waals surface area (Å²) in [5.74, 6) is 0. The van der Waals surface area contributed by atoms with Crippen LogP contribution in [0.4, 0.5) is 0 Å². The van der Waals surface area contributed by atoms with Crippen molar-refractivity contribution < 1.29 is 0 Å². The van der Waals surface area contributed by atoms with Gasteiger partial charge in [-0.1, -0.05) is 18.2 Å². The summed E-state index contributed by atoms with van der Waals surface area (Å²) in [5, 5.41) is 0. The van der Waals surface area contributed by atoms with Gasteiger partial charge in [0.15, 0.2) is 0 Å². The quantitative estimate of drug-likeness (QED) is 0.257. The maximum atomic E-state index is 4.85. The van der Waals surface area contributed by atoms with E-state index in [1.807, 2.05) is 54.7 Å². The highest BCUT2D eigenvalue weighted by Gasteiger charge is 2.11. The number of pyridine rings is 4. The number of hydrogen-bond donors (Lipinski definition) is 0. The lowest BCUT2D eigenvalue weighted by Gasteiger charge is -2.02. The van der Waals surface area contributed by atoms with E-state index in [0.717, 1.165) is 38.9 Å². The second kappa shape index (κ2) is 9.09. The molecule has 0 saturated carbocycles. The molecule has 6 heteroatoms. The second-order valence-electron chi connectivity index (χ2n) is 7.60. The second-order valence-corrected chi connectivity index (χ2v) is 9.76. The minimum Gasteiger partial charge on any atom is -0.255 e. The summed E-state index contributed by atoms with van der Waals surface area (Å²) >= 11 is 3.54. The van der Waals surface area contributed by atoms with E-state index in [9.17, 15) is 0 Å². The first-order valence-corrected chi connectivity index (χ1v) is 12.4. The van der Waals surface area contributed by atoms with E-state index in [4.69, 9.17) is 4.98 Å². The molecule has 0 fully saturated rings. The molecule has 0 unspecified atom stereocenters. The molecule has 4 nitrogen and oxygen atoms in total. The zero-order valence-corrected chi connectivity index (χ0v) is 19.6. The van der Waals surface area contributed by atoms with Gasteiger partial charge in [-0.25, -0.2) is 4.98 Å². The summed E-state index contributed by atoms with van der Waals surface area (Å²) in [6.45, 7) is 0. The van der Waals surface area contributed by atoms with Crippen molar-refractivity contribution >= 4 is 22.7 Å². The zero-order valence-electron chi connectivity index (χ0n) is 18.0. The maximum absolute atomic E-state index is 4.85. The van der Waals surface area contributed by atoms with Gasteiger partial charge in [0, 0.05) is 33.2 Å². The Kier molecular flexibility index (Phi) is 5.51. The molecule has 162 valence electrons. The zero-order chi connectivity index (χ0) is 22.7. The molecule has 6 aromatic heterocycles. The first-order chi connectivity index (χ1) is 16.8. The van der Waals surface area contributed by atoms with Gasteiger partial charge in [-0.05, 0) is 78.4 Å². The minimum atomic E-state index is 0.879. The molecule has 0 aliphatic rings. The van der Waals surface area contributed by atoms with Crippen molar-refractivity contribution in [3.05, 3.63) is 110 Å². The lowest BCUT2D eigenvalue weighted by molar-refractivity contribution is 1.25. The molecule has 0 radical (unpaired) electrons. The highest BCUT2D eigenvalue weighted by atomic mass is 32.1. The third-order valence-corrected chi connectivity index (χ3v) is 7.79. The van der Waals surface area contributed by atoms with Gasteiger partial charge in [-0.2, -0.15) is 0 Å². The van der Waals surface area contributed by atoms with Crippen molar-refractivity contribution in [3.8, 4) is 53.5 Å². The van der Waals surface area contributed by atoms with Gasteiger partial charge in [-0.15, -0.1) is 22.7 Å². The predicted octanol–water partition coefficient (Wildman–Crippen LogP) is 7.72. The highest BCUT2D eigenvalue weighted by Crippen LogP contribution is 2.40. The van der Waals surface area contributed by atoms with E-state index in [2.05, 4.69) is 57.4 Å². The van der Waals surface area contributed by atoms with Crippen molar-refractivity contribution in [2.75, 3.05) is 0 Å². The fourth-order valence-electron chi connectivity index (χ4n) is 3.70. The van der Waals surface area contributed by atoms with Crippen LogP contribution < -0.4 is 0 Å². The number of hydrogen-bond acceptors (Lipinski definition) is 6. The smallest absolute Gasteiger partial charge is 0.0894 e. The van der Waals surface area contributed by atoms with Gasteiger partial charge in [0.2, 0.25) is 0 Å². The van der Waals surface area contributed by atoms with Crippen LogP contribution in [-0.2, 0) is 0 Å². The summed E-state index contributed by atoms with van der Waals surface area (Å²) in [5.41, 5.74) is 5.63. The van der Waals surface area contributed by atoms with Crippen LogP contribution in [0.1, 0.15) is 0 Å². The molecular formula is C28H18N4S2. The molecule has 0 bridgehead atoms. The topological polar surface area (TPSA) is 51.6 Å². The van der Waals surface area contributed by atoms with E-state index < -0.39 is 0 Å². The molecular weight excluding hydrogens is 456 g/mol. The number of rotatable bonds is 5. The molecule has 0 N–H and O–H groups in total. The highest BCUT2D eigenvalue weighted by molar-refractivity contribution is 7.25. The van der Waals surface area contributed by atoms with Crippen LogP contribution in [0.5, 0.6) is 0 Å². The number of thiophene rings is 2. The Hall–Kier alpha value is -4.00. The Bertz CT molecular complexity index is 1440. The molecule has 0 aliphatic heterocycles. The molecule has 6 rings (SSSR count). The van der Waals surface area contributed by atoms with Crippen LogP contribution in [0.15, 0.2) is 110 Å². The van der Waals surface area contributed by atoms with Crippen LogP contribution >= 0.6 is 22.7 Å². The maximum Gasteiger partial charge on any atom is 0.0894 e. The molecule has 0 spiro atoms. The first-order valence-electron chi connectivity index (χ1n) is 10.8. The molecule has 0 aliphatic carbocycles. The molecule has 0 atom stereocenters. The van der Waals surface area contributed by atoms with Crippen molar-refractivity contribution in [2.45, 2.75) is 0 Å². The fourth-order valence-corrected chi connectivity index (χ4v) is 5.77. The Balaban J connectivity index is 1.28. The van der Waals surface area contributed by atoms with E-state index in [0.29, 0.717) is 0 Å². The Morgan fingerprint density at radius 1 is 0.412 bits per heavy atom. The predicted molar refractivity (Wildman–Crippen MR) is 141 cm³/mol. The van der Waals surface area contributed by atoms with Crippen LogP contribution in [0, 0.1) is 0 Å². The third-order valence-electron chi connectivity index (χ3n) is 5.36. The van der Waals surface area contributed by atoms with Gasteiger partial charge in [0.1, 0.15) is 0 Å². The molecule has 0 aromatic carbocycles. The van der Waals surface area contributed by atoms with Crippen LogP contribution in [0.2, 0.25) is 0 Å². The van der Waals surface area contributed by atoms with Gasteiger partial charge in [0.05, 0.1) is 33.3 Å². The van der Waals surface area contributed by atoms with E-state index in [1.54, 1.807) is 35.1 Å². The average molecular weight is 475 g/mol. The fraction of sp³-hybridized carbons (Fsp3) is 0. The first kappa shape index (κ1) is 20.6. The Morgan fingerprint density at radius 2 is 1.00 bits per heavy atom. The number of nitrogens with zero attached hydrogens (tertiary/aromatic N) is 4. The van der Waals surface area contributed by atoms with Crippen LogP contribution in [0.3, 0.4) is 0 Å². The normalized spacial score (nSPS) is 10.9. The summed E-state index contributed by atoms with van der Waals surface area (Å²) in [4.78, 5) is 23.0. The minimum absolute atomic E-state index is 0.879. The summed E-state index contributed by atoms with van der Waals surface area (Å²) < 4.78 is 0. The Morgan fingerprint density at radius 3 is 1.74 bits per heavy atom. The van der Waals surface area contributed by atoms with Crippen molar-refractivity contribution in [1.29, 1.82) is 0 Å². The van der Waals surface area contributed by atoms with Gasteiger partial charge in [0.25, 0.3) is 0 Å². The SMILES string of the molecule is c1ccc(-c2cc(-c3ccc(-c4ccc(-c5cccc(-c6ccccn6)n5)s4)s3)ccn2)nc1. The van der Waals surface area contributed by atoms with Gasteiger partial charge in [-0.3, -0.25) is 15.0 Å². The summed E-state index contributed by atoms with van der Waals surface area (Å²) in [6, 6.07) is 30.7. The Labute approximate surface area is 205 Å². The van der Waals surface area contributed by atoms with Crippen LogP contribution in [0.25, 0.3) is 53.5 Å². The molecule has 0 saturated heterocycles. The lowest BCUT2D eigenvalue weighted by Crippen LogP contribution is -1.88. The third kappa shape index (κ3) is 4.17. The van der Waals surface area contributed by atoms with Crippen LogP contribution in [-0.4, -0.2) is 19.9 Å². The van der Waals surface area contributed by atoms with Crippen molar-refractivity contribution in [1.82, 2.24) is 19.9 Å². The monoisotopic (exact) mass is 474 g/mol. The molecule has 6 heterocycles. The largest absolute Gasteiger partial charge is 0.255 e. The van der Waals surface area contributed by atoms with Gasteiger partial charge >= 0.3 is 0 Å². The van der Waals surface area contributed by atoms with E-state index in [-0.39, 0.29) is 0 Å². The molecule has 6 aromatic rings. The molecule has 0 amide bonds. The number of aromatic nitrogens is 4. The van der Waals surface area contributed by atoms with Crippen molar-refractivity contribution in [3.63, 3.8) is 0 Å². The summed E-state index contributed by atoms with van der Waals surface area (Å²) in [6.07, 6.45) is 5.44. The summed E-state index contributed by atoms with van der Waals surface area (Å²) in [7, 11) is 0. The van der Waals surface area contributed by atoms with Gasteiger partial charge < -0.3 is 0 Å². The van der Waals surface area contributed by atoms with Crippen molar-refractivity contribution in [2.24, 2.45) is 0 Å². The van der Waals surface area contributed by atoms with E-state index in [1.165, 1.54) is 14.6 Å². The van der Waals surface area contributed by atoms with E-state index >= 15 is 0 Å². The standard InChI is InChI=1S/C28H18N4S2/c1-3-15-29-20(6-1)22-8-5-9-23(32-22)26-11-13-28(34-26)27-12-10-25(33-27)19-14-17-31-24(18-19)21-7-2-4-16-30-21/h1-18H. The average Bonchev–Trinajstić information content (AvgIpc) is 3.60. The molecule has 34 heavy (non-hydrogen) atoms. The lowest BCUT2D eigenvalue weighted by atomic mass is 10.1.